The smallest absolute Gasteiger partial charge is 0.337 e. The molecule has 1 heterocycles. The summed E-state index contributed by atoms with van der Waals surface area (Å²) in [7, 11) is 5.19. The third-order valence-electron chi connectivity index (χ3n) is 5.34. The Morgan fingerprint density at radius 3 is 2.45 bits per heavy atom. The Hall–Kier alpha value is -4.10. The summed E-state index contributed by atoms with van der Waals surface area (Å²) >= 11 is 0. The fraction of sp³-hybridized carbons (Fsp3) is 0.154. The topological polar surface area (TPSA) is 90.9 Å². The minimum absolute atomic E-state index is 0.171. The third kappa shape index (κ3) is 4.58. The van der Waals surface area contributed by atoms with Crippen LogP contribution < -0.4 is 10.6 Å². The van der Waals surface area contributed by atoms with Crippen LogP contribution in [0.3, 0.4) is 0 Å². The van der Waals surface area contributed by atoms with Gasteiger partial charge in [0.05, 0.1) is 29.6 Å². The monoisotopic (exact) mass is 443 g/mol. The number of aromatic hydroxyl groups is 1. The Morgan fingerprint density at radius 1 is 1.03 bits per heavy atom. The molecule has 168 valence electrons. The Balaban J connectivity index is 1.81. The van der Waals surface area contributed by atoms with Crippen LogP contribution in [0, 0.1) is 0 Å². The van der Waals surface area contributed by atoms with E-state index in [2.05, 4.69) is 10.6 Å². The lowest BCUT2D eigenvalue weighted by Gasteiger charge is -2.17. The zero-order valence-electron chi connectivity index (χ0n) is 18.7. The van der Waals surface area contributed by atoms with E-state index in [4.69, 9.17) is 4.74 Å². The largest absolute Gasteiger partial charge is 0.508 e. The molecule has 7 nitrogen and oxygen atoms in total. The molecule has 0 unspecified atom stereocenters. The van der Waals surface area contributed by atoms with Crippen LogP contribution in [-0.4, -0.2) is 43.1 Å². The van der Waals surface area contributed by atoms with E-state index in [1.807, 2.05) is 61.5 Å². The van der Waals surface area contributed by atoms with Gasteiger partial charge in [0, 0.05) is 29.4 Å². The number of amides is 1. The summed E-state index contributed by atoms with van der Waals surface area (Å²) in [6.07, 6.45) is 0. The average Bonchev–Trinajstić information content (AvgIpc) is 3.13. The third-order valence-corrected chi connectivity index (χ3v) is 5.34. The summed E-state index contributed by atoms with van der Waals surface area (Å²) in [5.41, 5.74) is 4.87. The predicted molar refractivity (Wildman–Crippen MR) is 129 cm³/mol. The number of hydrogen-bond donors (Lipinski definition) is 3. The number of anilines is 2. The van der Waals surface area contributed by atoms with Crippen molar-refractivity contribution in [2.45, 2.75) is 6.54 Å². The van der Waals surface area contributed by atoms with Crippen LogP contribution >= 0.6 is 0 Å². The molecule has 3 aromatic rings. The van der Waals surface area contributed by atoms with Gasteiger partial charge in [0.2, 0.25) is 0 Å². The zero-order valence-corrected chi connectivity index (χ0v) is 18.7. The van der Waals surface area contributed by atoms with E-state index in [-0.39, 0.29) is 11.7 Å². The molecule has 0 saturated carbocycles. The van der Waals surface area contributed by atoms with Crippen molar-refractivity contribution in [3.63, 3.8) is 0 Å². The van der Waals surface area contributed by atoms with Gasteiger partial charge in [0.15, 0.2) is 0 Å². The molecule has 0 radical (unpaired) electrons. The minimum Gasteiger partial charge on any atom is -0.508 e. The fourth-order valence-corrected chi connectivity index (χ4v) is 3.81. The van der Waals surface area contributed by atoms with Gasteiger partial charge in [-0.15, -0.1) is 0 Å². The van der Waals surface area contributed by atoms with Gasteiger partial charge in [-0.3, -0.25) is 4.79 Å². The van der Waals surface area contributed by atoms with E-state index in [1.54, 1.807) is 24.3 Å². The summed E-state index contributed by atoms with van der Waals surface area (Å²) in [5, 5.41) is 16.7. The number of ether oxygens (including phenoxy) is 1. The maximum Gasteiger partial charge on any atom is 0.337 e. The SMILES string of the molecule is COC(=O)c1ccc2c(c1)NC(=O)C2=C(Nc1ccc(CN(C)C)c(O)c1)c1ccccc1. The van der Waals surface area contributed by atoms with Gasteiger partial charge in [-0.05, 0) is 37.9 Å². The molecule has 0 aromatic heterocycles. The summed E-state index contributed by atoms with van der Waals surface area (Å²) < 4.78 is 4.79. The molecule has 7 heteroatoms. The van der Waals surface area contributed by atoms with Crippen molar-refractivity contribution < 1.29 is 19.4 Å². The number of benzene rings is 3. The summed E-state index contributed by atoms with van der Waals surface area (Å²) in [4.78, 5) is 26.9. The van der Waals surface area contributed by atoms with E-state index in [1.165, 1.54) is 7.11 Å². The number of rotatable bonds is 6. The van der Waals surface area contributed by atoms with Crippen molar-refractivity contribution in [1.82, 2.24) is 4.90 Å². The van der Waals surface area contributed by atoms with E-state index in [9.17, 15) is 14.7 Å². The van der Waals surface area contributed by atoms with E-state index in [0.717, 1.165) is 11.1 Å². The zero-order chi connectivity index (χ0) is 23.5. The number of carbonyl (C=O) groups excluding carboxylic acids is 2. The Bertz CT molecular complexity index is 1250. The number of carbonyl (C=O) groups is 2. The van der Waals surface area contributed by atoms with Crippen molar-refractivity contribution in [2.75, 3.05) is 31.8 Å². The summed E-state index contributed by atoms with van der Waals surface area (Å²) in [5.74, 6) is -0.587. The summed E-state index contributed by atoms with van der Waals surface area (Å²) in [6.45, 7) is 0.608. The van der Waals surface area contributed by atoms with Gasteiger partial charge in [-0.25, -0.2) is 4.79 Å². The number of esters is 1. The van der Waals surface area contributed by atoms with Crippen LogP contribution in [0.15, 0.2) is 66.7 Å². The standard InChI is InChI=1S/C26H25N3O4/c1-29(2)15-18-9-11-19(14-22(18)30)27-24(16-7-5-4-6-8-16)23-20-12-10-17(26(32)33-3)13-21(20)28-25(23)31/h4-14,27,30H,15H2,1-3H3,(H,28,31). The number of phenols is 1. The average molecular weight is 444 g/mol. The molecule has 4 rings (SSSR count). The van der Waals surface area contributed by atoms with Crippen LogP contribution in [0.25, 0.3) is 11.3 Å². The lowest BCUT2D eigenvalue weighted by atomic mass is 9.99. The lowest BCUT2D eigenvalue weighted by Crippen LogP contribution is -2.11. The number of nitrogens with zero attached hydrogens (tertiary/aromatic N) is 1. The molecule has 1 aliphatic heterocycles. The number of hydrogen-bond acceptors (Lipinski definition) is 6. The van der Waals surface area contributed by atoms with Crippen molar-refractivity contribution >= 4 is 34.5 Å². The Morgan fingerprint density at radius 2 is 1.79 bits per heavy atom. The quantitative estimate of drug-likeness (QED) is 0.391. The fourth-order valence-electron chi connectivity index (χ4n) is 3.81. The maximum atomic E-state index is 13.0. The van der Waals surface area contributed by atoms with Gasteiger partial charge in [-0.2, -0.15) is 0 Å². The van der Waals surface area contributed by atoms with Gasteiger partial charge < -0.3 is 25.4 Å². The van der Waals surface area contributed by atoms with Crippen LogP contribution in [0.1, 0.15) is 27.0 Å². The number of phenolic OH excluding ortho intramolecular Hbond substituents is 1. The molecule has 0 fully saturated rings. The lowest BCUT2D eigenvalue weighted by molar-refractivity contribution is -0.110. The van der Waals surface area contributed by atoms with Gasteiger partial charge in [0.1, 0.15) is 5.75 Å². The molecular formula is C26H25N3O4. The molecule has 1 aliphatic rings. The number of nitrogens with one attached hydrogen (secondary N) is 2. The highest BCUT2D eigenvalue weighted by molar-refractivity contribution is 6.37. The van der Waals surface area contributed by atoms with Crippen molar-refractivity contribution in [1.29, 1.82) is 0 Å². The first kappa shape index (κ1) is 22.1. The summed E-state index contributed by atoms with van der Waals surface area (Å²) in [6, 6.07) is 19.9. The van der Waals surface area contributed by atoms with Crippen LogP contribution in [-0.2, 0) is 16.1 Å². The highest BCUT2D eigenvalue weighted by Gasteiger charge is 2.29. The number of fused-ring (bicyclic) bond motifs is 1. The van der Waals surface area contributed by atoms with E-state index < -0.39 is 5.97 Å². The van der Waals surface area contributed by atoms with Gasteiger partial charge >= 0.3 is 5.97 Å². The normalized spacial score (nSPS) is 14.0. The van der Waals surface area contributed by atoms with Crippen LogP contribution in [0.2, 0.25) is 0 Å². The molecule has 33 heavy (non-hydrogen) atoms. The first-order valence-electron chi connectivity index (χ1n) is 10.4. The molecule has 1 amide bonds. The van der Waals surface area contributed by atoms with Crippen molar-refractivity contribution in [3.05, 3.63) is 89.0 Å². The molecule has 0 saturated heterocycles. The number of methoxy groups -OCH3 is 1. The first-order valence-corrected chi connectivity index (χ1v) is 10.4. The van der Waals surface area contributed by atoms with Crippen LogP contribution in [0.5, 0.6) is 5.75 Å². The minimum atomic E-state index is -0.473. The first-order chi connectivity index (χ1) is 15.9. The van der Waals surface area contributed by atoms with Crippen molar-refractivity contribution in [3.8, 4) is 5.75 Å². The second-order valence-electron chi connectivity index (χ2n) is 8.03. The second kappa shape index (κ2) is 9.18. The molecule has 0 bridgehead atoms. The molecule has 0 spiro atoms. The molecule has 3 N–H and O–H groups in total. The predicted octanol–water partition coefficient (Wildman–Crippen LogP) is 4.17. The Labute approximate surface area is 192 Å². The highest BCUT2D eigenvalue weighted by atomic mass is 16.5. The molecule has 0 aliphatic carbocycles. The second-order valence-corrected chi connectivity index (χ2v) is 8.03. The van der Waals surface area contributed by atoms with Gasteiger partial charge in [-0.1, -0.05) is 42.5 Å². The van der Waals surface area contributed by atoms with E-state index in [0.29, 0.717) is 40.3 Å². The Kier molecular flexibility index (Phi) is 6.15. The van der Waals surface area contributed by atoms with E-state index >= 15 is 0 Å². The highest BCUT2D eigenvalue weighted by Crippen LogP contribution is 2.38. The molecule has 0 atom stereocenters. The molecular weight excluding hydrogens is 418 g/mol. The molecule has 3 aromatic carbocycles. The maximum absolute atomic E-state index is 13.0. The van der Waals surface area contributed by atoms with Crippen LogP contribution in [0.4, 0.5) is 11.4 Å². The van der Waals surface area contributed by atoms with Crippen molar-refractivity contribution in [2.24, 2.45) is 0 Å². The van der Waals surface area contributed by atoms with Gasteiger partial charge in [0.25, 0.3) is 5.91 Å².